The smallest absolute Gasteiger partial charge is 0.270 e. The molecule has 0 saturated heterocycles. The lowest BCUT2D eigenvalue weighted by molar-refractivity contribution is -0.384. The maximum atomic E-state index is 12.3. The van der Waals surface area contributed by atoms with E-state index in [1.807, 2.05) is 24.3 Å². The standard InChI is InChI=1S/C20H21ClN2O4/c21-19-12-15(23(25)26)8-11-18(19)20(24)22-13-14-6-9-17(10-7-14)27-16-4-2-1-3-5-16/h6-12,16H,1-5,13H2,(H,22,24). The van der Waals surface area contributed by atoms with Gasteiger partial charge in [0.2, 0.25) is 0 Å². The van der Waals surface area contributed by atoms with Gasteiger partial charge in [-0.2, -0.15) is 0 Å². The number of hydrogen-bond donors (Lipinski definition) is 1. The van der Waals surface area contributed by atoms with Crippen LogP contribution in [0.4, 0.5) is 5.69 Å². The Kier molecular flexibility index (Phi) is 6.29. The van der Waals surface area contributed by atoms with Gasteiger partial charge in [-0.25, -0.2) is 0 Å². The van der Waals surface area contributed by atoms with Crippen molar-refractivity contribution in [2.45, 2.75) is 44.8 Å². The molecule has 0 heterocycles. The van der Waals surface area contributed by atoms with Gasteiger partial charge >= 0.3 is 0 Å². The summed E-state index contributed by atoms with van der Waals surface area (Å²) in [5.74, 6) is 0.466. The Bertz CT molecular complexity index is 817. The highest BCUT2D eigenvalue weighted by molar-refractivity contribution is 6.34. The van der Waals surface area contributed by atoms with Gasteiger partial charge in [0.25, 0.3) is 11.6 Å². The lowest BCUT2D eigenvalue weighted by Crippen LogP contribution is -2.23. The van der Waals surface area contributed by atoms with Gasteiger partial charge in [0.15, 0.2) is 0 Å². The van der Waals surface area contributed by atoms with Gasteiger partial charge in [0.1, 0.15) is 5.75 Å². The van der Waals surface area contributed by atoms with Crippen LogP contribution in [0.2, 0.25) is 5.02 Å². The van der Waals surface area contributed by atoms with Gasteiger partial charge in [0, 0.05) is 18.7 Å². The zero-order valence-electron chi connectivity index (χ0n) is 14.8. The van der Waals surface area contributed by atoms with Crippen molar-refractivity contribution >= 4 is 23.2 Å². The number of amides is 1. The first-order chi connectivity index (χ1) is 13.0. The summed E-state index contributed by atoms with van der Waals surface area (Å²) in [6, 6.07) is 11.4. The lowest BCUT2D eigenvalue weighted by atomic mass is 9.98. The Labute approximate surface area is 162 Å². The molecule has 27 heavy (non-hydrogen) atoms. The SMILES string of the molecule is O=C(NCc1ccc(OC2CCCCC2)cc1)c1ccc([N+](=O)[O-])cc1Cl. The second-order valence-electron chi connectivity index (χ2n) is 6.63. The minimum atomic E-state index is -0.551. The van der Waals surface area contributed by atoms with Crippen LogP contribution in [0, 0.1) is 10.1 Å². The van der Waals surface area contributed by atoms with Crippen LogP contribution in [0.1, 0.15) is 48.0 Å². The molecule has 6 nitrogen and oxygen atoms in total. The Balaban J connectivity index is 1.55. The summed E-state index contributed by atoms with van der Waals surface area (Å²) in [5.41, 5.74) is 0.988. The number of nitro benzene ring substituents is 1. The lowest BCUT2D eigenvalue weighted by Gasteiger charge is -2.23. The van der Waals surface area contributed by atoms with Crippen molar-refractivity contribution in [3.05, 3.63) is 68.7 Å². The molecule has 142 valence electrons. The molecule has 2 aromatic carbocycles. The van der Waals surface area contributed by atoms with Crippen LogP contribution in [0.15, 0.2) is 42.5 Å². The van der Waals surface area contributed by atoms with Gasteiger partial charge < -0.3 is 10.1 Å². The molecule has 0 bridgehead atoms. The molecule has 0 atom stereocenters. The van der Waals surface area contributed by atoms with Crippen molar-refractivity contribution in [1.82, 2.24) is 5.32 Å². The molecule has 1 aliphatic carbocycles. The van der Waals surface area contributed by atoms with Gasteiger partial charge in [0.05, 0.1) is 21.6 Å². The van der Waals surface area contributed by atoms with E-state index < -0.39 is 4.92 Å². The molecule has 0 radical (unpaired) electrons. The number of hydrogen-bond acceptors (Lipinski definition) is 4. The predicted molar refractivity (Wildman–Crippen MR) is 103 cm³/mol. The van der Waals surface area contributed by atoms with E-state index in [0.29, 0.717) is 12.6 Å². The first-order valence-corrected chi connectivity index (χ1v) is 9.38. The van der Waals surface area contributed by atoms with E-state index in [4.69, 9.17) is 16.3 Å². The van der Waals surface area contributed by atoms with Crippen LogP contribution in [0.3, 0.4) is 0 Å². The van der Waals surface area contributed by atoms with E-state index in [1.54, 1.807) is 0 Å². The molecule has 1 amide bonds. The number of benzene rings is 2. The third kappa shape index (κ3) is 5.20. The molecule has 0 spiro atoms. The molecule has 0 aliphatic heterocycles. The molecule has 1 saturated carbocycles. The van der Waals surface area contributed by atoms with E-state index in [0.717, 1.165) is 24.2 Å². The van der Waals surface area contributed by atoms with Crippen molar-refractivity contribution in [3.63, 3.8) is 0 Å². The average molecular weight is 389 g/mol. The summed E-state index contributed by atoms with van der Waals surface area (Å²) in [6.45, 7) is 0.329. The minimum Gasteiger partial charge on any atom is -0.490 e. The van der Waals surface area contributed by atoms with E-state index >= 15 is 0 Å². The van der Waals surface area contributed by atoms with E-state index in [2.05, 4.69) is 5.32 Å². The van der Waals surface area contributed by atoms with Crippen LogP contribution in [0.25, 0.3) is 0 Å². The normalized spacial score (nSPS) is 14.6. The third-order valence-electron chi connectivity index (χ3n) is 4.64. The molecule has 7 heteroatoms. The van der Waals surface area contributed by atoms with Crippen LogP contribution in [-0.2, 0) is 6.54 Å². The zero-order valence-corrected chi connectivity index (χ0v) is 15.6. The number of halogens is 1. The first kappa shape index (κ1) is 19.2. The largest absolute Gasteiger partial charge is 0.490 e. The predicted octanol–water partition coefficient (Wildman–Crippen LogP) is 4.89. The van der Waals surface area contributed by atoms with Crippen molar-refractivity contribution in [3.8, 4) is 5.75 Å². The molecule has 1 fully saturated rings. The van der Waals surface area contributed by atoms with Crippen LogP contribution in [0.5, 0.6) is 5.75 Å². The van der Waals surface area contributed by atoms with Gasteiger partial charge in [-0.1, -0.05) is 30.2 Å². The summed E-state index contributed by atoms with van der Waals surface area (Å²) in [6.07, 6.45) is 6.24. The number of non-ortho nitro benzene ring substituents is 1. The van der Waals surface area contributed by atoms with Crippen molar-refractivity contribution in [1.29, 1.82) is 0 Å². The summed E-state index contributed by atoms with van der Waals surface area (Å²) in [4.78, 5) is 22.4. The first-order valence-electron chi connectivity index (χ1n) is 9.00. The monoisotopic (exact) mass is 388 g/mol. The van der Waals surface area contributed by atoms with Crippen molar-refractivity contribution in [2.75, 3.05) is 0 Å². The average Bonchev–Trinajstić information content (AvgIpc) is 2.68. The Morgan fingerprint density at radius 3 is 2.48 bits per heavy atom. The second kappa shape index (κ2) is 8.86. The number of nitrogens with one attached hydrogen (secondary N) is 1. The van der Waals surface area contributed by atoms with Gasteiger partial charge in [-0.15, -0.1) is 0 Å². The highest BCUT2D eigenvalue weighted by Crippen LogP contribution is 2.24. The molecule has 0 aromatic heterocycles. The Morgan fingerprint density at radius 1 is 1.15 bits per heavy atom. The number of carbonyl (C=O) groups excluding carboxylic acids is 1. The highest BCUT2D eigenvalue weighted by Gasteiger charge is 2.16. The molecule has 1 N–H and O–H groups in total. The minimum absolute atomic E-state index is 0.0536. The molecular formula is C20H21ClN2O4. The van der Waals surface area contributed by atoms with E-state index in [9.17, 15) is 14.9 Å². The summed E-state index contributed by atoms with van der Waals surface area (Å²) in [5, 5.41) is 13.6. The van der Waals surface area contributed by atoms with Crippen LogP contribution in [-0.4, -0.2) is 16.9 Å². The maximum absolute atomic E-state index is 12.3. The number of ether oxygens (including phenoxy) is 1. The topological polar surface area (TPSA) is 81.5 Å². The quantitative estimate of drug-likeness (QED) is 0.564. The van der Waals surface area contributed by atoms with E-state index in [-0.39, 0.29) is 22.2 Å². The molecule has 2 aromatic rings. The highest BCUT2D eigenvalue weighted by atomic mass is 35.5. The Morgan fingerprint density at radius 2 is 1.85 bits per heavy atom. The number of nitrogens with zero attached hydrogens (tertiary/aromatic N) is 1. The fourth-order valence-corrected chi connectivity index (χ4v) is 3.40. The molecule has 0 unspecified atom stereocenters. The number of nitro groups is 1. The molecular weight excluding hydrogens is 368 g/mol. The van der Waals surface area contributed by atoms with E-state index in [1.165, 1.54) is 37.5 Å². The zero-order chi connectivity index (χ0) is 19.2. The fourth-order valence-electron chi connectivity index (χ4n) is 3.14. The van der Waals surface area contributed by atoms with Crippen LogP contribution >= 0.6 is 11.6 Å². The molecule has 3 rings (SSSR count). The maximum Gasteiger partial charge on any atom is 0.270 e. The fraction of sp³-hybridized carbons (Fsp3) is 0.350. The van der Waals surface area contributed by atoms with Crippen LogP contribution < -0.4 is 10.1 Å². The third-order valence-corrected chi connectivity index (χ3v) is 4.95. The van der Waals surface area contributed by atoms with Crippen molar-refractivity contribution < 1.29 is 14.5 Å². The van der Waals surface area contributed by atoms with Gasteiger partial charge in [-0.3, -0.25) is 14.9 Å². The number of carbonyl (C=O) groups is 1. The van der Waals surface area contributed by atoms with Gasteiger partial charge in [-0.05, 0) is 49.4 Å². The number of rotatable bonds is 6. The summed E-state index contributed by atoms with van der Waals surface area (Å²) in [7, 11) is 0. The second-order valence-corrected chi connectivity index (χ2v) is 7.03. The van der Waals surface area contributed by atoms with Crippen molar-refractivity contribution in [2.24, 2.45) is 0 Å². The molecule has 1 aliphatic rings. The summed E-state index contributed by atoms with van der Waals surface area (Å²) < 4.78 is 5.99. The Hall–Kier alpha value is -2.60. The summed E-state index contributed by atoms with van der Waals surface area (Å²) >= 11 is 5.98.